The largest absolute Gasteiger partial charge is 0.511 e. The van der Waals surface area contributed by atoms with Gasteiger partial charge < -0.3 is 15.3 Å². The van der Waals surface area contributed by atoms with E-state index >= 15 is 0 Å². The third-order valence-electron chi connectivity index (χ3n) is 7.41. The summed E-state index contributed by atoms with van der Waals surface area (Å²) in [4.78, 5) is 15.5. The second kappa shape index (κ2) is 7.15. The van der Waals surface area contributed by atoms with Gasteiger partial charge in [0.05, 0.1) is 5.69 Å². The van der Waals surface area contributed by atoms with E-state index in [0.717, 1.165) is 24.8 Å². The fourth-order valence-corrected chi connectivity index (χ4v) is 7.18. The number of carbonyl (C=O) groups excluding carboxylic acids is 1. The number of nitrogens with zero attached hydrogens (tertiary/aromatic N) is 2. The number of amidine groups is 1. The predicted molar refractivity (Wildman–Crippen MR) is 119 cm³/mol. The molecule has 2 heterocycles. The molecule has 2 aliphatic carbocycles. The molecule has 0 saturated heterocycles. The van der Waals surface area contributed by atoms with Crippen molar-refractivity contribution in [3.05, 3.63) is 71.2 Å². The summed E-state index contributed by atoms with van der Waals surface area (Å²) in [6, 6.07) is 12.2. The number of sulfonamides is 1. The highest BCUT2D eigenvalue weighted by Crippen LogP contribution is 2.55. The van der Waals surface area contributed by atoms with Crippen molar-refractivity contribution in [2.75, 3.05) is 5.32 Å². The number of hydrogen-bond acceptors (Lipinski definition) is 5. The highest BCUT2D eigenvalue weighted by atomic mass is 32.2. The van der Waals surface area contributed by atoms with Gasteiger partial charge in [-0.1, -0.05) is 24.3 Å². The Hall–Kier alpha value is -3.20. The minimum absolute atomic E-state index is 0.0260. The van der Waals surface area contributed by atoms with Gasteiger partial charge in [0.1, 0.15) is 22.0 Å². The van der Waals surface area contributed by atoms with Gasteiger partial charge in [-0.25, -0.2) is 4.39 Å². The third-order valence-corrected chi connectivity index (χ3v) is 8.75. The Morgan fingerprint density at radius 1 is 1.09 bits per heavy atom. The third kappa shape index (κ3) is 3.09. The van der Waals surface area contributed by atoms with Crippen molar-refractivity contribution in [3.8, 4) is 0 Å². The van der Waals surface area contributed by atoms with Crippen LogP contribution in [0.2, 0.25) is 0 Å². The first-order valence-corrected chi connectivity index (χ1v) is 12.5. The highest BCUT2D eigenvalue weighted by Gasteiger charge is 2.57. The molecule has 2 aliphatic heterocycles. The molecule has 9 heteroatoms. The molecule has 4 atom stereocenters. The lowest BCUT2D eigenvalue weighted by Gasteiger charge is -2.44. The van der Waals surface area contributed by atoms with Crippen molar-refractivity contribution in [2.45, 2.75) is 36.7 Å². The number of para-hydroxylation sites is 1. The minimum Gasteiger partial charge on any atom is -0.511 e. The molecular weight excluding hydrogens is 445 g/mol. The summed E-state index contributed by atoms with van der Waals surface area (Å²) in [5.74, 6) is -0.808. The first-order chi connectivity index (χ1) is 15.8. The molecule has 33 heavy (non-hydrogen) atoms. The van der Waals surface area contributed by atoms with Crippen LogP contribution in [0.1, 0.15) is 24.8 Å². The van der Waals surface area contributed by atoms with Crippen LogP contribution in [-0.4, -0.2) is 36.2 Å². The summed E-state index contributed by atoms with van der Waals surface area (Å²) in [6.45, 7) is 0.247. The van der Waals surface area contributed by atoms with Crippen molar-refractivity contribution in [3.63, 3.8) is 0 Å². The Kier molecular flexibility index (Phi) is 4.42. The number of aliphatic hydroxyl groups excluding tert-OH is 1. The lowest BCUT2D eigenvalue weighted by atomic mass is 9.77. The first-order valence-electron chi connectivity index (χ1n) is 11.0. The molecule has 1 amide bonds. The van der Waals surface area contributed by atoms with Crippen molar-refractivity contribution in [2.24, 2.45) is 22.2 Å². The van der Waals surface area contributed by atoms with E-state index in [-0.39, 0.29) is 58.2 Å². The molecule has 7 nitrogen and oxygen atoms in total. The molecule has 2 aromatic rings. The van der Waals surface area contributed by atoms with Gasteiger partial charge in [-0.15, -0.1) is 4.40 Å². The summed E-state index contributed by atoms with van der Waals surface area (Å²) in [6.07, 6.45) is 2.87. The molecule has 2 saturated carbocycles. The number of anilines is 1. The van der Waals surface area contributed by atoms with Crippen LogP contribution in [0.4, 0.5) is 10.1 Å². The molecule has 6 rings (SSSR count). The van der Waals surface area contributed by atoms with E-state index < -0.39 is 15.9 Å². The topological polar surface area (TPSA) is 99.1 Å². The zero-order valence-electron chi connectivity index (χ0n) is 17.6. The molecule has 0 aromatic heterocycles. The van der Waals surface area contributed by atoms with Crippen LogP contribution in [0.3, 0.4) is 0 Å². The van der Waals surface area contributed by atoms with Crippen LogP contribution >= 0.6 is 0 Å². The number of amides is 1. The smallest absolute Gasteiger partial charge is 0.286 e. The number of fused-ring (bicyclic) bond motifs is 6. The van der Waals surface area contributed by atoms with Crippen LogP contribution < -0.4 is 5.32 Å². The minimum atomic E-state index is -4.03. The predicted octanol–water partition coefficient (Wildman–Crippen LogP) is 3.61. The average molecular weight is 468 g/mol. The van der Waals surface area contributed by atoms with E-state index in [9.17, 15) is 22.7 Å². The monoisotopic (exact) mass is 467 g/mol. The van der Waals surface area contributed by atoms with Crippen LogP contribution in [0.15, 0.2) is 69.2 Å². The van der Waals surface area contributed by atoms with Crippen LogP contribution in [0.25, 0.3) is 0 Å². The number of halogens is 1. The number of aliphatic hydroxyl groups is 1. The maximum Gasteiger partial charge on any atom is 0.286 e. The Morgan fingerprint density at radius 2 is 1.82 bits per heavy atom. The molecule has 1 unspecified atom stereocenters. The van der Waals surface area contributed by atoms with E-state index in [4.69, 9.17) is 0 Å². The van der Waals surface area contributed by atoms with Gasteiger partial charge >= 0.3 is 0 Å². The van der Waals surface area contributed by atoms with E-state index in [1.165, 1.54) is 18.2 Å². The van der Waals surface area contributed by atoms with Crippen molar-refractivity contribution >= 4 is 27.5 Å². The standard InChI is InChI=1S/C24H22FN3O4S/c25-16-9-5-13(6-10-16)12-28-21-15-8-7-14(11-15)19(21)22(29)20(24(28)30)23-26-17-3-1-2-4-18(17)33(31,32)27-23/h1-6,9-10,14-15,19,21,29H,7-8,11-12H2,(H,26,27)/t14-,15+,19+,21?/m0/s1. The molecule has 0 spiro atoms. The van der Waals surface area contributed by atoms with Crippen LogP contribution in [-0.2, 0) is 21.4 Å². The average Bonchev–Trinajstić information content (AvgIpc) is 3.40. The highest BCUT2D eigenvalue weighted by molar-refractivity contribution is 7.90. The second-order valence-corrected chi connectivity index (χ2v) is 10.8. The molecule has 2 bridgehead atoms. The zero-order valence-corrected chi connectivity index (χ0v) is 18.4. The Labute approximate surface area is 190 Å². The molecule has 2 aromatic carbocycles. The van der Waals surface area contributed by atoms with Crippen molar-refractivity contribution in [1.29, 1.82) is 0 Å². The van der Waals surface area contributed by atoms with Gasteiger partial charge in [0, 0.05) is 18.5 Å². The number of benzene rings is 2. The summed E-state index contributed by atoms with van der Waals surface area (Å²) in [7, 11) is -4.03. The molecular formula is C24H22FN3O4S. The van der Waals surface area contributed by atoms with Gasteiger partial charge in [0.2, 0.25) is 0 Å². The lowest BCUT2D eigenvalue weighted by molar-refractivity contribution is -0.134. The van der Waals surface area contributed by atoms with E-state index in [2.05, 4.69) is 9.71 Å². The van der Waals surface area contributed by atoms with Gasteiger partial charge in [-0.2, -0.15) is 8.42 Å². The summed E-state index contributed by atoms with van der Waals surface area (Å²) >= 11 is 0. The fourth-order valence-electron chi connectivity index (χ4n) is 6.06. The Balaban J connectivity index is 1.45. The first kappa shape index (κ1) is 20.4. The quantitative estimate of drug-likeness (QED) is 0.719. The normalized spacial score (nSPS) is 29.4. The van der Waals surface area contributed by atoms with E-state index in [1.54, 1.807) is 35.2 Å². The molecule has 0 radical (unpaired) electrons. The van der Waals surface area contributed by atoms with Crippen LogP contribution in [0.5, 0.6) is 0 Å². The molecule has 2 fully saturated rings. The molecule has 2 N–H and O–H groups in total. The lowest BCUT2D eigenvalue weighted by Crippen LogP contribution is -2.53. The van der Waals surface area contributed by atoms with Crippen molar-refractivity contribution in [1.82, 2.24) is 4.90 Å². The number of hydrogen-bond donors (Lipinski definition) is 2. The van der Waals surface area contributed by atoms with E-state index in [0.29, 0.717) is 5.69 Å². The fraction of sp³-hybridized carbons (Fsp3) is 0.333. The number of carbonyl (C=O) groups is 1. The van der Waals surface area contributed by atoms with Gasteiger partial charge in [-0.3, -0.25) is 4.79 Å². The summed E-state index contributed by atoms with van der Waals surface area (Å²) in [5, 5.41) is 14.2. The van der Waals surface area contributed by atoms with Crippen molar-refractivity contribution < 1.29 is 22.7 Å². The summed E-state index contributed by atoms with van der Waals surface area (Å²) < 4.78 is 42.9. The Bertz CT molecular complexity index is 1340. The van der Waals surface area contributed by atoms with Crippen LogP contribution in [0, 0.1) is 23.6 Å². The second-order valence-electron chi connectivity index (χ2n) is 9.21. The van der Waals surface area contributed by atoms with Gasteiger partial charge in [0.25, 0.3) is 15.9 Å². The SMILES string of the molecule is O=C1C(C2=NS(=O)(=O)c3ccccc3N2)=C(O)[C@H]2C([C@@H]3CC[C@H]2C3)N1Cc1ccc(F)cc1. The van der Waals surface area contributed by atoms with E-state index in [1.807, 2.05) is 0 Å². The molecule has 170 valence electrons. The van der Waals surface area contributed by atoms with Gasteiger partial charge in [-0.05, 0) is 60.9 Å². The number of nitrogens with one attached hydrogen (secondary N) is 1. The maximum absolute atomic E-state index is 13.8. The maximum atomic E-state index is 13.8. The zero-order chi connectivity index (χ0) is 22.9. The number of rotatable bonds is 3. The van der Waals surface area contributed by atoms with Gasteiger partial charge in [0.15, 0.2) is 5.84 Å². The summed E-state index contributed by atoms with van der Waals surface area (Å²) in [5.41, 5.74) is 0.989. The molecule has 4 aliphatic rings. The Morgan fingerprint density at radius 3 is 2.61 bits per heavy atom.